The molecule has 126 valence electrons. The molecule has 0 heterocycles. The molecule has 0 N–H and O–H groups in total. The van der Waals surface area contributed by atoms with E-state index >= 15 is 0 Å². The summed E-state index contributed by atoms with van der Waals surface area (Å²) in [5.41, 5.74) is 1.05. The molecule has 0 aromatic heterocycles. The smallest absolute Gasteiger partial charge is 0.338 e. The molecule has 0 radical (unpaired) electrons. The van der Waals surface area contributed by atoms with Crippen molar-refractivity contribution in [2.75, 3.05) is 12.9 Å². The van der Waals surface area contributed by atoms with Crippen molar-refractivity contribution in [3.8, 4) is 0 Å². The zero-order chi connectivity index (χ0) is 17.0. The molecule has 6 heteroatoms. The van der Waals surface area contributed by atoms with Gasteiger partial charge in [0.2, 0.25) is 0 Å². The fourth-order valence-corrected chi connectivity index (χ4v) is 4.15. The highest BCUT2D eigenvalue weighted by atomic mass is 35.5. The monoisotopic (exact) mass is 356 g/mol. The molecule has 4 nitrogen and oxygen atoms in total. The molecule has 0 amide bonds. The quantitative estimate of drug-likeness (QED) is 0.593. The van der Waals surface area contributed by atoms with Crippen molar-refractivity contribution in [2.24, 2.45) is 5.92 Å². The van der Waals surface area contributed by atoms with Crippen molar-refractivity contribution in [2.45, 2.75) is 37.5 Å². The van der Waals surface area contributed by atoms with Gasteiger partial charge in [0.05, 0.1) is 22.1 Å². The third kappa shape index (κ3) is 4.58. The molecule has 0 aliphatic heterocycles. The van der Waals surface area contributed by atoms with E-state index in [0.29, 0.717) is 17.1 Å². The number of carbonyl (C=O) groups is 1. The van der Waals surface area contributed by atoms with E-state index in [9.17, 15) is 13.2 Å². The summed E-state index contributed by atoms with van der Waals surface area (Å²) in [5.74, 6) is -0.0506. The van der Waals surface area contributed by atoms with E-state index in [1.165, 1.54) is 12.1 Å². The molecule has 0 spiro atoms. The van der Waals surface area contributed by atoms with Gasteiger partial charge < -0.3 is 4.74 Å². The van der Waals surface area contributed by atoms with Gasteiger partial charge in [0.15, 0.2) is 9.84 Å². The Bertz CT molecular complexity index is 716. The SMILES string of the molecule is CCOC(=O)C(=CC1CCCC1)c1ccc(S(C)(=O)=O)c(Cl)c1. The Morgan fingerprint density at radius 1 is 1.35 bits per heavy atom. The van der Waals surface area contributed by atoms with E-state index in [4.69, 9.17) is 16.3 Å². The summed E-state index contributed by atoms with van der Waals surface area (Å²) in [6.07, 6.45) is 7.47. The summed E-state index contributed by atoms with van der Waals surface area (Å²) in [6, 6.07) is 4.57. The predicted octanol–water partition coefficient (Wildman–Crippen LogP) is 3.88. The fraction of sp³-hybridized carbons (Fsp3) is 0.471. The Morgan fingerprint density at radius 2 is 2.00 bits per heavy atom. The van der Waals surface area contributed by atoms with Gasteiger partial charge in [-0.1, -0.05) is 36.6 Å². The first-order chi connectivity index (χ1) is 10.8. The van der Waals surface area contributed by atoms with Crippen LogP contribution in [0.2, 0.25) is 5.02 Å². The maximum absolute atomic E-state index is 12.3. The Labute approximate surface area is 142 Å². The first-order valence-electron chi connectivity index (χ1n) is 7.72. The van der Waals surface area contributed by atoms with E-state index in [1.54, 1.807) is 13.0 Å². The molecule has 23 heavy (non-hydrogen) atoms. The second-order valence-electron chi connectivity index (χ2n) is 5.76. The molecule has 1 aliphatic carbocycles. The number of allylic oxidation sites excluding steroid dienone is 1. The van der Waals surface area contributed by atoms with Gasteiger partial charge in [0.1, 0.15) is 0 Å². The normalized spacial score (nSPS) is 16.6. The number of rotatable bonds is 5. The summed E-state index contributed by atoms with van der Waals surface area (Å²) in [4.78, 5) is 12.3. The summed E-state index contributed by atoms with van der Waals surface area (Å²) in [6.45, 7) is 2.04. The molecule has 1 aromatic rings. The van der Waals surface area contributed by atoms with Crippen LogP contribution in [0.15, 0.2) is 29.2 Å². The lowest BCUT2D eigenvalue weighted by Gasteiger charge is -2.12. The van der Waals surface area contributed by atoms with E-state index in [2.05, 4.69) is 0 Å². The van der Waals surface area contributed by atoms with Gasteiger partial charge in [-0.2, -0.15) is 0 Å². The van der Waals surface area contributed by atoms with Crippen LogP contribution in [0.1, 0.15) is 38.2 Å². The van der Waals surface area contributed by atoms with E-state index in [1.807, 2.05) is 6.08 Å². The lowest BCUT2D eigenvalue weighted by molar-refractivity contribution is -0.136. The number of ether oxygens (including phenoxy) is 1. The van der Waals surface area contributed by atoms with Crippen LogP contribution < -0.4 is 0 Å². The molecule has 0 bridgehead atoms. The number of halogens is 1. The van der Waals surface area contributed by atoms with Crippen LogP contribution in [0.5, 0.6) is 0 Å². The molecule has 0 saturated heterocycles. The van der Waals surface area contributed by atoms with Crippen LogP contribution >= 0.6 is 11.6 Å². The minimum atomic E-state index is -3.40. The van der Waals surface area contributed by atoms with E-state index < -0.39 is 15.8 Å². The van der Waals surface area contributed by atoms with Crippen LogP contribution in [-0.2, 0) is 19.4 Å². The Hall–Kier alpha value is -1.33. The van der Waals surface area contributed by atoms with Crippen LogP contribution in [0.3, 0.4) is 0 Å². The van der Waals surface area contributed by atoms with Crippen LogP contribution in [-0.4, -0.2) is 27.2 Å². The number of sulfone groups is 1. The lowest BCUT2D eigenvalue weighted by Crippen LogP contribution is -2.09. The molecular formula is C17H21ClO4S. The highest BCUT2D eigenvalue weighted by molar-refractivity contribution is 7.90. The largest absolute Gasteiger partial charge is 0.462 e. The van der Waals surface area contributed by atoms with Gasteiger partial charge in [-0.05, 0) is 43.4 Å². The average molecular weight is 357 g/mol. The maximum Gasteiger partial charge on any atom is 0.338 e. The molecule has 0 atom stereocenters. The van der Waals surface area contributed by atoms with Crippen molar-refractivity contribution in [1.82, 2.24) is 0 Å². The average Bonchev–Trinajstić information content (AvgIpc) is 2.96. The van der Waals surface area contributed by atoms with E-state index in [-0.39, 0.29) is 16.5 Å². The number of benzene rings is 1. The number of hydrogen-bond donors (Lipinski definition) is 0. The third-order valence-corrected chi connectivity index (χ3v) is 5.52. The Morgan fingerprint density at radius 3 is 2.52 bits per heavy atom. The first-order valence-corrected chi connectivity index (χ1v) is 9.98. The van der Waals surface area contributed by atoms with Crippen molar-refractivity contribution in [3.63, 3.8) is 0 Å². The lowest BCUT2D eigenvalue weighted by atomic mass is 9.99. The zero-order valence-corrected chi connectivity index (χ0v) is 14.9. The van der Waals surface area contributed by atoms with Crippen molar-refractivity contribution in [3.05, 3.63) is 34.9 Å². The zero-order valence-electron chi connectivity index (χ0n) is 13.3. The summed E-state index contributed by atoms with van der Waals surface area (Å²) >= 11 is 6.10. The fourth-order valence-electron chi connectivity index (χ4n) is 2.82. The summed E-state index contributed by atoms with van der Waals surface area (Å²) in [5, 5.41) is 0.117. The Balaban J connectivity index is 2.43. The highest BCUT2D eigenvalue weighted by Crippen LogP contribution is 2.31. The van der Waals surface area contributed by atoms with Crippen LogP contribution in [0.4, 0.5) is 0 Å². The molecule has 1 aromatic carbocycles. The van der Waals surface area contributed by atoms with Gasteiger partial charge in [-0.15, -0.1) is 0 Å². The third-order valence-electron chi connectivity index (χ3n) is 3.94. The van der Waals surface area contributed by atoms with Gasteiger partial charge in [0, 0.05) is 6.26 Å². The van der Waals surface area contributed by atoms with Crippen LogP contribution in [0, 0.1) is 5.92 Å². The number of hydrogen-bond acceptors (Lipinski definition) is 4. The number of carbonyl (C=O) groups excluding carboxylic acids is 1. The van der Waals surface area contributed by atoms with Crippen molar-refractivity contribution in [1.29, 1.82) is 0 Å². The predicted molar refractivity (Wildman–Crippen MR) is 91.1 cm³/mol. The van der Waals surface area contributed by atoms with Gasteiger partial charge in [-0.25, -0.2) is 13.2 Å². The Kier molecular flexibility index (Phi) is 5.87. The second kappa shape index (κ2) is 7.49. The molecule has 1 fully saturated rings. The number of esters is 1. The minimum absolute atomic E-state index is 0.0620. The maximum atomic E-state index is 12.3. The summed E-state index contributed by atoms with van der Waals surface area (Å²) in [7, 11) is -3.40. The molecular weight excluding hydrogens is 336 g/mol. The second-order valence-corrected chi connectivity index (χ2v) is 8.15. The minimum Gasteiger partial charge on any atom is -0.462 e. The molecule has 1 aliphatic rings. The van der Waals surface area contributed by atoms with Gasteiger partial charge in [-0.3, -0.25) is 0 Å². The summed E-state index contributed by atoms with van der Waals surface area (Å²) < 4.78 is 28.5. The molecule has 0 unspecified atom stereocenters. The molecule has 2 rings (SSSR count). The standard InChI is InChI=1S/C17H21ClO4S/c1-3-22-17(19)14(10-12-6-4-5-7-12)13-8-9-16(15(18)11-13)23(2,20)21/h8-12H,3-7H2,1-2H3. The molecule has 1 saturated carbocycles. The van der Waals surface area contributed by atoms with Crippen LogP contribution in [0.25, 0.3) is 5.57 Å². The van der Waals surface area contributed by atoms with Crippen molar-refractivity contribution < 1.29 is 17.9 Å². The topological polar surface area (TPSA) is 60.4 Å². The van der Waals surface area contributed by atoms with Crippen molar-refractivity contribution >= 4 is 33.0 Å². The van der Waals surface area contributed by atoms with Gasteiger partial charge in [0.25, 0.3) is 0 Å². The van der Waals surface area contributed by atoms with Gasteiger partial charge >= 0.3 is 5.97 Å². The highest BCUT2D eigenvalue weighted by Gasteiger charge is 2.21. The van der Waals surface area contributed by atoms with E-state index in [0.717, 1.165) is 31.9 Å². The first kappa shape index (κ1) is 18.0.